The number of hydrogen-bond acceptors (Lipinski definition) is 8. The van der Waals surface area contributed by atoms with E-state index in [0.29, 0.717) is 35.8 Å². The van der Waals surface area contributed by atoms with Gasteiger partial charge in [0.05, 0.1) is 34.7 Å². The van der Waals surface area contributed by atoms with E-state index in [2.05, 4.69) is 21.8 Å². The van der Waals surface area contributed by atoms with E-state index >= 15 is 0 Å². The fourth-order valence-electron chi connectivity index (χ4n) is 5.31. The number of carbonyl (C=O) groups excluding carboxylic acids is 1. The zero-order valence-electron chi connectivity index (χ0n) is 25.5. The van der Waals surface area contributed by atoms with Gasteiger partial charge in [-0.05, 0) is 91.0 Å². The van der Waals surface area contributed by atoms with Crippen molar-refractivity contribution >= 4 is 21.6 Å². The number of hydrogen-bond donors (Lipinski definition) is 1. The second-order valence-corrected chi connectivity index (χ2v) is 12.3. The summed E-state index contributed by atoms with van der Waals surface area (Å²) in [5.74, 6) is 2.65. The molecule has 4 rings (SSSR count). The van der Waals surface area contributed by atoms with Crippen molar-refractivity contribution in [2.75, 3.05) is 65.6 Å². The van der Waals surface area contributed by atoms with E-state index in [1.54, 1.807) is 58.8 Å². The molecule has 1 heterocycles. The smallest absolute Gasteiger partial charge is 0.254 e. The third kappa shape index (κ3) is 8.77. The second-order valence-electron chi connectivity index (χ2n) is 10.6. The fraction of sp³-hybridized carbons (Fsp3) is 0.406. The predicted molar refractivity (Wildman–Crippen MR) is 167 cm³/mol. The van der Waals surface area contributed by atoms with Gasteiger partial charge >= 0.3 is 0 Å². The van der Waals surface area contributed by atoms with Gasteiger partial charge in [0.15, 0.2) is 11.5 Å². The summed E-state index contributed by atoms with van der Waals surface area (Å²) in [6.07, 6.45) is 3.70. The van der Waals surface area contributed by atoms with Crippen LogP contribution in [0.15, 0.2) is 54.6 Å². The Hall–Kier alpha value is -3.96. The summed E-state index contributed by atoms with van der Waals surface area (Å²) < 4.78 is 47.5. The Balaban J connectivity index is 1.47. The minimum absolute atomic E-state index is 0.143. The summed E-state index contributed by atoms with van der Waals surface area (Å²) in [6, 6.07) is 16.2. The molecule has 1 amide bonds. The molecule has 0 aliphatic carbocycles. The van der Waals surface area contributed by atoms with E-state index in [4.69, 9.17) is 18.9 Å². The van der Waals surface area contributed by atoms with Gasteiger partial charge in [0.1, 0.15) is 11.5 Å². The van der Waals surface area contributed by atoms with Gasteiger partial charge in [-0.1, -0.05) is 0 Å². The van der Waals surface area contributed by atoms with Gasteiger partial charge in [-0.25, -0.2) is 8.42 Å². The van der Waals surface area contributed by atoms with E-state index in [1.165, 1.54) is 11.1 Å². The quantitative estimate of drug-likeness (QED) is 0.306. The number of nitrogens with zero attached hydrogens (tertiary/aromatic N) is 2. The van der Waals surface area contributed by atoms with Gasteiger partial charge in [-0.3, -0.25) is 9.52 Å². The first-order valence-electron chi connectivity index (χ1n) is 14.2. The summed E-state index contributed by atoms with van der Waals surface area (Å²) in [5, 5.41) is 0. The molecule has 1 aliphatic heterocycles. The number of sulfonamides is 1. The maximum absolute atomic E-state index is 13.7. The maximum atomic E-state index is 13.7. The number of fused-ring (bicyclic) bond motifs is 1. The molecule has 3 aromatic carbocycles. The molecule has 43 heavy (non-hydrogen) atoms. The summed E-state index contributed by atoms with van der Waals surface area (Å²) in [7, 11) is 3.09. The van der Waals surface area contributed by atoms with Crippen molar-refractivity contribution in [3.05, 3.63) is 76.9 Å². The van der Waals surface area contributed by atoms with E-state index in [1.807, 2.05) is 17.0 Å². The van der Waals surface area contributed by atoms with E-state index in [-0.39, 0.29) is 5.91 Å². The summed E-state index contributed by atoms with van der Waals surface area (Å²) in [4.78, 5) is 18.0. The van der Waals surface area contributed by atoms with Crippen LogP contribution >= 0.6 is 0 Å². The van der Waals surface area contributed by atoms with Crippen LogP contribution in [0.3, 0.4) is 0 Å². The number of anilines is 1. The Bertz CT molecular complexity index is 1450. The molecule has 10 nitrogen and oxygen atoms in total. The standard InChI is InChI=1S/C32H41N3O7S/c1-39-28-17-23(18-29(21-28)40-2)22-35(32(36)24-7-9-27(10-8-24)33-43(5,37)38)14-6-13-34-15-11-25-19-30(41-3)31(42-4)20-26(25)12-16-34/h7-10,17-21,33H,6,11-16,22H2,1-5H3. The molecule has 11 heteroatoms. The first kappa shape index (κ1) is 32.0. The van der Waals surface area contributed by atoms with Gasteiger partial charge in [-0.2, -0.15) is 0 Å². The topological polar surface area (TPSA) is 107 Å². The van der Waals surface area contributed by atoms with Gasteiger partial charge in [0.25, 0.3) is 5.91 Å². The summed E-state index contributed by atoms with van der Waals surface area (Å²) >= 11 is 0. The van der Waals surface area contributed by atoms with E-state index in [9.17, 15) is 13.2 Å². The van der Waals surface area contributed by atoms with E-state index < -0.39 is 10.0 Å². The molecule has 0 fully saturated rings. The maximum Gasteiger partial charge on any atom is 0.254 e. The molecule has 0 saturated heterocycles. The number of carbonyl (C=O) groups is 1. The molecule has 1 aliphatic rings. The lowest BCUT2D eigenvalue weighted by atomic mass is 10.0. The fourth-order valence-corrected chi connectivity index (χ4v) is 5.88. The van der Waals surface area contributed by atoms with Gasteiger partial charge in [-0.15, -0.1) is 0 Å². The van der Waals surface area contributed by atoms with Crippen LogP contribution < -0.4 is 23.7 Å². The van der Waals surface area contributed by atoms with Crippen LogP contribution in [0.2, 0.25) is 0 Å². The highest BCUT2D eigenvalue weighted by molar-refractivity contribution is 7.92. The normalized spacial score (nSPS) is 13.4. The molecule has 0 unspecified atom stereocenters. The molecule has 0 spiro atoms. The number of amides is 1. The highest BCUT2D eigenvalue weighted by Crippen LogP contribution is 2.32. The summed E-state index contributed by atoms with van der Waals surface area (Å²) in [5.41, 5.74) is 4.31. The number of ether oxygens (including phenoxy) is 4. The molecule has 0 aromatic heterocycles. The number of rotatable bonds is 13. The zero-order chi connectivity index (χ0) is 31.0. The van der Waals surface area contributed by atoms with Crippen LogP contribution in [0.4, 0.5) is 5.69 Å². The molecular formula is C32H41N3O7S. The van der Waals surface area contributed by atoms with Crippen molar-refractivity contribution in [1.29, 1.82) is 0 Å². The zero-order valence-corrected chi connectivity index (χ0v) is 26.3. The Morgan fingerprint density at radius 1 is 0.837 bits per heavy atom. The average molecular weight is 612 g/mol. The molecule has 0 atom stereocenters. The molecule has 0 radical (unpaired) electrons. The first-order valence-corrected chi connectivity index (χ1v) is 16.1. The molecule has 3 aromatic rings. The molecule has 0 bridgehead atoms. The van der Waals surface area contributed by atoms with Crippen LogP contribution in [0.25, 0.3) is 0 Å². The lowest BCUT2D eigenvalue weighted by Crippen LogP contribution is -2.35. The highest BCUT2D eigenvalue weighted by atomic mass is 32.2. The van der Waals surface area contributed by atoms with Crippen LogP contribution in [-0.4, -0.2) is 85.0 Å². The van der Waals surface area contributed by atoms with Gasteiger partial charge in [0, 0.05) is 43.5 Å². The Morgan fingerprint density at radius 2 is 1.40 bits per heavy atom. The monoisotopic (exact) mass is 611 g/mol. The first-order chi connectivity index (χ1) is 20.6. The second kappa shape index (κ2) is 14.5. The molecule has 232 valence electrons. The Kier molecular flexibility index (Phi) is 10.8. The Morgan fingerprint density at radius 3 is 1.88 bits per heavy atom. The highest BCUT2D eigenvalue weighted by Gasteiger charge is 2.20. The minimum Gasteiger partial charge on any atom is -0.497 e. The van der Waals surface area contributed by atoms with E-state index in [0.717, 1.165) is 62.2 Å². The van der Waals surface area contributed by atoms with Crippen LogP contribution in [0.1, 0.15) is 33.5 Å². The van der Waals surface area contributed by atoms with Crippen molar-refractivity contribution < 1.29 is 32.2 Å². The predicted octanol–water partition coefficient (Wildman–Crippen LogP) is 4.23. The third-order valence-electron chi connectivity index (χ3n) is 7.51. The van der Waals surface area contributed by atoms with Crippen LogP contribution in [0, 0.1) is 0 Å². The minimum atomic E-state index is -3.42. The van der Waals surface area contributed by atoms with Crippen LogP contribution in [0.5, 0.6) is 23.0 Å². The van der Waals surface area contributed by atoms with Crippen molar-refractivity contribution in [2.45, 2.75) is 25.8 Å². The van der Waals surface area contributed by atoms with Crippen molar-refractivity contribution in [2.24, 2.45) is 0 Å². The van der Waals surface area contributed by atoms with Crippen molar-refractivity contribution in [3.8, 4) is 23.0 Å². The summed E-state index contributed by atoms with van der Waals surface area (Å²) in [6.45, 7) is 3.56. The lowest BCUT2D eigenvalue weighted by molar-refractivity contribution is 0.0734. The Labute approximate surface area is 254 Å². The third-order valence-corrected chi connectivity index (χ3v) is 8.12. The van der Waals surface area contributed by atoms with Crippen LogP contribution in [-0.2, 0) is 29.4 Å². The number of methoxy groups -OCH3 is 4. The SMILES string of the molecule is COc1cc(CN(CCCN2CCc3cc(OC)c(OC)cc3CC2)C(=O)c2ccc(NS(C)(=O)=O)cc2)cc(OC)c1. The largest absolute Gasteiger partial charge is 0.497 e. The van der Waals surface area contributed by atoms with Crippen molar-refractivity contribution in [1.82, 2.24) is 9.80 Å². The van der Waals surface area contributed by atoms with Gasteiger partial charge in [0.2, 0.25) is 10.0 Å². The van der Waals surface area contributed by atoms with Crippen molar-refractivity contribution in [3.63, 3.8) is 0 Å². The molecule has 1 N–H and O–H groups in total. The molecular weight excluding hydrogens is 570 g/mol. The number of benzene rings is 3. The lowest BCUT2D eigenvalue weighted by Gasteiger charge is -2.26. The van der Waals surface area contributed by atoms with Gasteiger partial charge < -0.3 is 28.7 Å². The average Bonchev–Trinajstić information content (AvgIpc) is 3.20. The molecule has 0 saturated carbocycles. The number of nitrogens with one attached hydrogen (secondary N) is 1.